The smallest absolute Gasteiger partial charge is 0.312 e. The minimum atomic E-state index is -3.80. The number of nitro benzene ring substituents is 1. The summed E-state index contributed by atoms with van der Waals surface area (Å²) in [6.45, 7) is 1.53. The third kappa shape index (κ3) is 6.71. The van der Waals surface area contributed by atoms with E-state index in [0.717, 1.165) is 24.5 Å². The van der Waals surface area contributed by atoms with Crippen LogP contribution in [0.1, 0.15) is 18.4 Å². The highest BCUT2D eigenvalue weighted by molar-refractivity contribution is 7.89. The summed E-state index contributed by atoms with van der Waals surface area (Å²) < 4.78 is 32.2. The number of benzene rings is 2. The summed E-state index contributed by atoms with van der Waals surface area (Å²) in [6, 6.07) is 13.1. The van der Waals surface area contributed by atoms with E-state index < -0.39 is 26.7 Å². The van der Waals surface area contributed by atoms with Crippen LogP contribution >= 0.6 is 0 Å². The van der Waals surface area contributed by atoms with Gasteiger partial charge in [0.2, 0.25) is 10.0 Å². The van der Waals surface area contributed by atoms with Crippen LogP contribution in [0.5, 0.6) is 5.75 Å². The van der Waals surface area contributed by atoms with Gasteiger partial charge in [-0.3, -0.25) is 15.0 Å². The molecule has 1 saturated heterocycles. The zero-order chi connectivity index (χ0) is 23.8. The second-order valence-electron chi connectivity index (χ2n) is 7.91. The van der Waals surface area contributed by atoms with Crippen molar-refractivity contribution in [2.24, 2.45) is 0 Å². The maximum atomic E-state index is 12.7. The van der Waals surface area contributed by atoms with E-state index in [9.17, 15) is 28.7 Å². The normalized spacial score (nSPS) is 15.6. The van der Waals surface area contributed by atoms with Crippen molar-refractivity contribution in [2.75, 3.05) is 39.4 Å². The Morgan fingerprint density at radius 2 is 1.85 bits per heavy atom. The number of ether oxygens (including phenoxy) is 1. The van der Waals surface area contributed by atoms with Crippen LogP contribution in [0.3, 0.4) is 0 Å². The Hall–Kier alpha value is -2.57. The number of aliphatic hydroxyl groups is 2. The van der Waals surface area contributed by atoms with Crippen molar-refractivity contribution in [1.82, 2.24) is 9.21 Å². The highest BCUT2D eigenvalue weighted by Crippen LogP contribution is 2.32. The van der Waals surface area contributed by atoms with Gasteiger partial charge in [-0.1, -0.05) is 30.3 Å². The van der Waals surface area contributed by atoms with Gasteiger partial charge in [0, 0.05) is 38.8 Å². The van der Waals surface area contributed by atoms with E-state index in [1.807, 2.05) is 35.2 Å². The van der Waals surface area contributed by atoms with Gasteiger partial charge in [-0.25, -0.2) is 8.42 Å². The van der Waals surface area contributed by atoms with Crippen molar-refractivity contribution in [3.8, 4) is 5.75 Å². The van der Waals surface area contributed by atoms with Gasteiger partial charge >= 0.3 is 5.69 Å². The van der Waals surface area contributed by atoms with E-state index in [0.29, 0.717) is 26.2 Å². The molecule has 1 aliphatic rings. The summed E-state index contributed by atoms with van der Waals surface area (Å²) in [5.74, 6) is -0.115. The minimum absolute atomic E-state index is 0.0845. The van der Waals surface area contributed by atoms with Crippen LogP contribution in [0.4, 0.5) is 5.69 Å². The van der Waals surface area contributed by atoms with Gasteiger partial charge in [0.15, 0.2) is 5.75 Å². The summed E-state index contributed by atoms with van der Waals surface area (Å²) in [4.78, 5) is 12.6. The Bertz CT molecular complexity index is 1030. The van der Waals surface area contributed by atoms with Gasteiger partial charge < -0.3 is 14.9 Å². The van der Waals surface area contributed by atoms with Gasteiger partial charge in [-0.05, 0) is 30.5 Å². The van der Waals surface area contributed by atoms with Crippen LogP contribution in [0.15, 0.2) is 53.4 Å². The fourth-order valence-electron chi connectivity index (χ4n) is 3.75. The van der Waals surface area contributed by atoms with E-state index in [4.69, 9.17) is 4.74 Å². The molecule has 33 heavy (non-hydrogen) atoms. The largest absolute Gasteiger partial charge is 0.484 e. The summed E-state index contributed by atoms with van der Waals surface area (Å²) in [7, 11) is -3.80. The number of rotatable bonds is 12. The molecule has 1 atom stereocenters. The fourth-order valence-corrected chi connectivity index (χ4v) is 5.29. The van der Waals surface area contributed by atoms with Crippen molar-refractivity contribution in [2.45, 2.75) is 30.4 Å². The molecule has 2 N–H and O–H groups in total. The molecule has 1 unspecified atom stereocenters. The molecule has 2 aromatic carbocycles. The highest BCUT2D eigenvalue weighted by Gasteiger charge is 2.30. The lowest BCUT2D eigenvalue weighted by Crippen LogP contribution is -2.37. The van der Waals surface area contributed by atoms with Gasteiger partial charge in [0.25, 0.3) is 0 Å². The van der Waals surface area contributed by atoms with Crippen molar-refractivity contribution >= 4 is 15.7 Å². The molecule has 0 aliphatic carbocycles. The molecule has 1 fully saturated rings. The van der Waals surface area contributed by atoms with Crippen LogP contribution in [0, 0.1) is 10.1 Å². The van der Waals surface area contributed by atoms with Crippen molar-refractivity contribution < 1.29 is 28.3 Å². The number of aliphatic hydroxyl groups excluding tert-OH is 2. The van der Waals surface area contributed by atoms with E-state index in [1.54, 1.807) is 0 Å². The van der Waals surface area contributed by atoms with Crippen LogP contribution < -0.4 is 4.74 Å². The number of sulfonamides is 1. The maximum absolute atomic E-state index is 12.7. The topological polar surface area (TPSA) is 133 Å². The molecule has 0 aromatic heterocycles. The summed E-state index contributed by atoms with van der Waals surface area (Å²) in [6.07, 6.45) is 0.545. The van der Waals surface area contributed by atoms with Gasteiger partial charge in [-0.15, -0.1) is 0 Å². The third-order valence-electron chi connectivity index (χ3n) is 5.40. The van der Waals surface area contributed by atoms with Crippen LogP contribution in [0.25, 0.3) is 0 Å². The number of nitrogens with zero attached hydrogens (tertiary/aromatic N) is 3. The van der Waals surface area contributed by atoms with Crippen LogP contribution in [-0.2, 0) is 16.6 Å². The van der Waals surface area contributed by atoms with Crippen molar-refractivity contribution in [3.05, 3.63) is 64.2 Å². The molecule has 0 amide bonds. The standard InChI is InChI=1S/C22H29N3O7S/c26-13-12-23(15-18-6-2-1-3-7-18)16-19(27)17-32-22-9-8-20(14-21(22)25(28)29)33(30,31)24-10-4-5-11-24/h1-3,6-9,14,19,26-27H,4-5,10-13,15-17H2. The van der Waals surface area contributed by atoms with Gasteiger partial charge in [0.05, 0.1) is 16.4 Å². The van der Waals surface area contributed by atoms with Gasteiger partial charge in [-0.2, -0.15) is 4.31 Å². The number of hydrogen-bond acceptors (Lipinski definition) is 8. The molecule has 0 radical (unpaired) electrons. The minimum Gasteiger partial charge on any atom is -0.484 e. The average molecular weight is 480 g/mol. The Kier molecular flexibility index (Phi) is 8.75. The van der Waals surface area contributed by atoms with E-state index in [-0.39, 0.29) is 30.4 Å². The molecule has 180 valence electrons. The second kappa shape index (κ2) is 11.5. The van der Waals surface area contributed by atoms with Gasteiger partial charge in [0.1, 0.15) is 12.7 Å². The third-order valence-corrected chi connectivity index (χ3v) is 7.29. The fraction of sp³-hybridized carbons (Fsp3) is 0.455. The predicted octanol–water partition coefficient (Wildman–Crippen LogP) is 1.61. The molecular weight excluding hydrogens is 450 g/mol. The zero-order valence-electron chi connectivity index (χ0n) is 18.2. The Labute approximate surface area is 193 Å². The lowest BCUT2D eigenvalue weighted by molar-refractivity contribution is -0.386. The lowest BCUT2D eigenvalue weighted by Gasteiger charge is -2.24. The molecule has 10 nitrogen and oxygen atoms in total. The Morgan fingerprint density at radius 1 is 1.15 bits per heavy atom. The molecule has 2 aromatic rings. The molecule has 11 heteroatoms. The van der Waals surface area contributed by atoms with Crippen LogP contribution in [-0.4, -0.2) is 78.3 Å². The monoisotopic (exact) mass is 479 g/mol. The average Bonchev–Trinajstić information content (AvgIpc) is 3.34. The Morgan fingerprint density at radius 3 is 2.48 bits per heavy atom. The summed E-state index contributed by atoms with van der Waals surface area (Å²) >= 11 is 0. The first-order valence-electron chi connectivity index (χ1n) is 10.8. The zero-order valence-corrected chi connectivity index (χ0v) is 19.1. The lowest BCUT2D eigenvalue weighted by atomic mass is 10.2. The van der Waals surface area contributed by atoms with Crippen LogP contribution in [0.2, 0.25) is 0 Å². The van der Waals surface area contributed by atoms with E-state index in [1.165, 1.54) is 16.4 Å². The van der Waals surface area contributed by atoms with E-state index in [2.05, 4.69) is 0 Å². The summed E-state index contributed by atoms with van der Waals surface area (Å²) in [5, 5.41) is 31.3. The maximum Gasteiger partial charge on any atom is 0.312 e. The molecule has 1 heterocycles. The van der Waals surface area contributed by atoms with E-state index >= 15 is 0 Å². The summed E-state index contributed by atoms with van der Waals surface area (Å²) in [5.41, 5.74) is 0.545. The Balaban J connectivity index is 1.66. The SMILES string of the molecule is O=[N+]([O-])c1cc(S(=O)(=O)N2CCCC2)ccc1OCC(O)CN(CCO)Cc1ccccc1. The molecular formula is C22H29N3O7S. The number of nitro groups is 1. The quantitative estimate of drug-likeness (QED) is 0.347. The predicted molar refractivity (Wildman–Crippen MR) is 121 cm³/mol. The molecule has 0 saturated carbocycles. The van der Waals surface area contributed by atoms with Crippen molar-refractivity contribution in [1.29, 1.82) is 0 Å². The first-order chi connectivity index (χ1) is 15.8. The highest BCUT2D eigenvalue weighted by atomic mass is 32.2. The molecule has 1 aliphatic heterocycles. The molecule has 0 bridgehead atoms. The molecule has 0 spiro atoms. The first-order valence-corrected chi connectivity index (χ1v) is 12.2. The second-order valence-corrected chi connectivity index (χ2v) is 9.84. The number of hydrogen-bond donors (Lipinski definition) is 2. The molecule has 3 rings (SSSR count). The van der Waals surface area contributed by atoms with Crippen molar-refractivity contribution in [3.63, 3.8) is 0 Å². The first kappa shape index (κ1) is 25.1.